The standard InChI is InChI=1S/C11H15Br2NS/c1-8-9(12)3-2-5-14(8)7-11-10(13)4-6-15-11/h4,6,8-9H,2-3,5,7H2,1H3. The van der Waals surface area contributed by atoms with E-state index in [1.165, 1.54) is 28.7 Å². The topological polar surface area (TPSA) is 3.24 Å². The summed E-state index contributed by atoms with van der Waals surface area (Å²) in [5.74, 6) is 0. The third-order valence-electron chi connectivity index (χ3n) is 3.06. The van der Waals surface area contributed by atoms with Crippen molar-refractivity contribution in [1.82, 2.24) is 4.90 Å². The molecule has 0 saturated carbocycles. The molecule has 0 aliphatic carbocycles. The van der Waals surface area contributed by atoms with E-state index in [0.29, 0.717) is 10.9 Å². The largest absolute Gasteiger partial charge is 0.294 e. The lowest BCUT2D eigenvalue weighted by atomic mass is 10.0. The lowest BCUT2D eigenvalue weighted by Gasteiger charge is -2.36. The van der Waals surface area contributed by atoms with Crippen molar-refractivity contribution in [1.29, 1.82) is 0 Å². The minimum atomic E-state index is 0.646. The Bertz CT molecular complexity index is 326. The molecule has 0 radical (unpaired) electrons. The molecule has 0 bridgehead atoms. The first-order chi connectivity index (χ1) is 7.18. The summed E-state index contributed by atoms with van der Waals surface area (Å²) < 4.78 is 1.26. The summed E-state index contributed by atoms with van der Waals surface area (Å²) in [6.45, 7) is 4.63. The summed E-state index contributed by atoms with van der Waals surface area (Å²) in [7, 11) is 0. The summed E-state index contributed by atoms with van der Waals surface area (Å²) in [6.07, 6.45) is 2.62. The Morgan fingerprint density at radius 1 is 1.60 bits per heavy atom. The number of piperidine rings is 1. The quantitative estimate of drug-likeness (QED) is 0.719. The van der Waals surface area contributed by atoms with Crippen LogP contribution in [0, 0.1) is 0 Å². The predicted molar refractivity (Wildman–Crippen MR) is 73.8 cm³/mol. The van der Waals surface area contributed by atoms with Crippen LogP contribution in [0.15, 0.2) is 15.9 Å². The van der Waals surface area contributed by atoms with Crippen LogP contribution in [-0.4, -0.2) is 22.3 Å². The fourth-order valence-corrected chi connectivity index (χ4v) is 4.17. The van der Waals surface area contributed by atoms with Gasteiger partial charge in [-0.25, -0.2) is 0 Å². The van der Waals surface area contributed by atoms with Crippen molar-refractivity contribution >= 4 is 43.2 Å². The Kier molecular flexibility index (Phi) is 4.27. The molecule has 84 valence electrons. The normalized spacial score (nSPS) is 28.2. The first-order valence-electron chi connectivity index (χ1n) is 5.28. The maximum Gasteiger partial charge on any atom is 0.0342 e. The Balaban J connectivity index is 2.02. The molecule has 0 N–H and O–H groups in total. The molecule has 1 fully saturated rings. The molecule has 1 aromatic rings. The van der Waals surface area contributed by atoms with Crippen LogP contribution in [0.5, 0.6) is 0 Å². The monoisotopic (exact) mass is 351 g/mol. The molecule has 2 unspecified atom stereocenters. The van der Waals surface area contributed by atoms with Gasteiger partial charge in [0.1, 0.15) is 0 Å². The van der Waals surface area contributed by atoms with Gasteiger partial charge in [0.15, 0.2) is 0 Å². The van der Waals surface area contributed by atoms with Gasteiger partial charge < -0.3 is 0 Å². The Morgan fingerprint density at radius 3 is 3.07 bits per heavy atom. The fraction of sp³-hybridized carbons (Fsp3) is 0.636. The molecule has 4 heteroatoms. The molecule has 2 rings (SSSR count). The van der Waals surface area contributed by atoms with Crippen LogP contribution in [0.1, 0.15) is 24.6 Å². The highest BCUT2D eigenvalue weighted by Crippen LogP contribution is 2.29. The molecule has 1 aromatic heterocycles. The highest BCUT2D eigenvalue weighted by Gasteiger charge is 2.26. The SMILES string of the molecule is CC1C(Br)CCCN1Cc1sccc1Br. The van der Waals surface area contributed by atoms with Crippen LogP contribution in [0.4, 0.5) is 0 Å². The number of thiophene rings is 1. The van der Waals surface area contributed by atoms with E-state index in [-0.39, 0.29) is 0 Å². The molecule has 1 saturated heterocycles. The van der Waals surface area contributed by atoms with Crippen molar-refractivity contribution in [3.8, 4) is 0 Å². The first kappa shape index (κ1) is 12.1. The second-order valence-corrected chi connectivity index (χ2v) is 7.09. The van der Waals surface area contributed by atoms with Gasteiger partial charge in [-0.1, -0.05) is 15.9 Å². The molecule has 1 aliphatic heterocycles. The number of halogens is 2. The van der Waals surface area contributed by atoms with Gasteiger partial charge in [-0.15, -0.1) is 11.3 Å². The summed E-state index contributed by atoms with van der Waals surface area (Å²) >= 11 is 9.21. The third-order valence-corrected chi connectivity index (χ3v) is 6.20. The molecule has 0 aromatic carbocycles. The zero-order valence-corrected chi connectivity index (χ0v) is 12.7. The second-order valence-electron chi connectivity index (χ2n) is 4.06. The summed E-state index contributed by atoms with van der Waals surface area (Å²) in [6, 6.07) is 2.79. The van der Waals surface area contributed by atoms with Crippen molar-refractivity contribution in [2.45, 2.75) is 37.2 Å². The zero-order valence-electron chi connectivity index (χ0n) is 8.75. The van der Waals surface area contributed by atoms with Crippen molar-refractivity contribution in [3.63, 3.8) is 0 Å². The molecule has 1 nitrogen and oxygen atoms in total. The fourth-order valence-electron chi connectivity index (χ4n) is 2.01. The molecule has 15 heavy (non-hydrogen) atoms. The average molecular weight is 353 g/mol. The highest BCUT2D eigenvalue weighted by atomic mass is 79.9. The predicted octanol–water partition coefficient (Wildman–Crippen LogP) is 4.26. The summed E-state index contributed by atoms with van der Waals surface area (Å²) in [5.41, 5.74) is 0. The van der Waals surface area contributed by atoms with Gasteiger partial charge >= 0.3 is 0 Å². The van der Waals surface area contributed by atoms with Crippen LogP contribution in [0.25, 0.3) is 0 Å². The van der Waals surface area contributed by atoms with E-state index >= 15 is 0 Å². The van der Waals surface area contributed by atoms with Gasteiger partial charge in [0.25, 0.3) is 0 Å². The van der Waals surface area contributed by atoms with Crippen LogP contribution in [0.2, 0.25) is 0 Å². The van der Waals surface area contributed by atoms with Crippen molar-refractivity contribution in [3.05, 3.63) is 20.8 Å². The Morgan fingerprint density at radius 2 is 2.40 bits per heavy atom. The Labute approximate surface area is 112 Å². The lowest BCUT2D eigenvalue weighted by molar-refractivity contribution is 0.161. The van der Waals surface area contributed by atoms with E-state index in [4.69, 9.17) is 0 Å². The second kappa shape index (κ2) is 5.30. The molecule has 0 spiro atoms. The van der Waals surface area contributed by atoms with E-state index in [1.54, 1.807) is 0 Å². The lowest BCUT2D eigenvalue weighted by Crippen LogP contribution is -2.43. The van der Waals surface area contributed by atoms with Gasteiger partial charge in [-0.2, -0.15) is 0 Å². The van der Waals surface area contributed by atoms with Crippen LogP contribution in [0.3, 0.4) is 0 Å². The van der Waals surface area contributed by atoms with Gasteiger partial charge in [0.05, 0.1) is 0 Å². The van der Waals surface area contributed by atoms with E-state index in [1.807, 2.05) is 11.3 Å². The van der Waals surface area contributed by atoms with E-state index in [0.717, 1.165) is 6.54 Å². The third kappa shape index (κ3) is 2.84. The molecule has 2 heterocycles. The molecule has 0 amide bonds. The summed E-state index contributed by atoms with van der Waals surface area (Å²) in [4.78, 5) is 4.67. The minimum absolute atomic E-state index is 0.646. The van der Waals surface area contributed by atoms with Crippen molar-refractivity contribution in [2.75, 3.05) is 6.54 Å². The number of alkyl halides is 1. The number of rotatable bonds is 2. The van der Waals surface area contributed by atoms with Gasteiger partial charge in [-0.05, 0) is 53.7 Å². The zero-order chi connectivity index (χ0) is 10.8. The maximum atomic E-state index is 3.77. The molecule has 1 aliphatic rings. The van der Waals surface area contributed by atoms with Gasteiger partial charge in [0.2, 0.25) is 0 Å². The van der Waals surface area contributed by atoms with E-state index < -0.39 is 0 Å². The van der Waals surface area contributed by atoms with Gasteiger partial charge in [-0.3, -0.25) is 4.90 Å². The number of nitrogens with zero attached hydrogens (tertiary/aromatic N) is 1. The smallest absolute Gasteiger partial charge is 0.0342 e. The molecular formula is C11H15Br2NS. The number of likely N-dealkylation sites (tertiary alicyclic amines) is 1. The Hall–Kier alpha value is 0.620. The number of hydrogen-bond acceptors (Lipinski definition) is 2. The van der Waals surface area contributed by atoms with Crippen molar-refractivity contribution in [2.24, 2.45) is 0 Å². The average Bonchev–Trinajstić information content (AvgIpc) is 2.60. The molecule has 2 atom stereocenters. The summed E-state index contributed by atoms with van der Waals surface area (Å²) in [5, 5.41) is 2.15. The van der Waals surface area contributed by atoms with Crippen molar-refractivity contribution < 1.29 is 0 Å². The number of hydrogen-bond donors (Lipinski definition) is 0. The minimum Gasteiger partial charge on any atom is -0.294 e. The molecular weight excluding hydrogens is 338 g/mol. The van der Waals surface area contributed by atoms with Crippen LogP contribution < -0.4 is 0 Å². The van der Waals surface area contributed by atoms with Crippen LogP contribution >= 0.6 is 43.2 Å². The van der Waals surface area contributed by atoms with Gasteiger partial charge in [0, 0.05) is 26.8 Å². The van der Waals surface area contributed by atoms with E-state index in [9.17, 15) is 0 Å². The first-order valence-corrected chi connectivity index (χ1v) is 7.87. The maximum absolute atomic E-state index is 3.77. The van der Waals surface area contributed by atoms with Crippen LogP contribution in [-0.2, 0) is 6.54 Å². The van der Waals surface area contributed by atoms with E-state index in [2.05, 4.69) is 55.1 Å². The highest BCUT2D eigenvalue weighted by molar-refractivity contribution is 9.10.